The first kappa shape index (κ1) is 21.6. The minimum absolute atomic E-state index is 0.0192. The van der Waals surface area contributed by atoms with Crippen molar-refractivity contribution in [1.82, 2.24) is 19.2 Å². The van der Waals surface area contributed by atoms with Gasteiger partial charge in [-0.3, -0.25) is 4.79 Å². The van der Waals surface area contributed by atoms with Crippen molar-refractivity contribution >= 4 is 21.7 Å². The van der Waals surface area contributed by atoms with E-state index in [2.05, 4.69) is 5.32 Å². The Morgan fingerprint density at radius 2 is 1.94 bits per heavy atom. The Hall–Kier alpha value is -2.59. The van der Waals surface area contributed by atoms with Crippen LogP contribution in [0, 0.1) is 5.82 Å². The fourth-order valence-electron chi connectivity index (χ4n) is 4.22. The normalized spacial score (nSPS) is 19.7. The Kier molecular flexibility index (Phi) is 5.94. The predicted octanol–water partition coefficient (Wildman–Crippen LogP) is 2.13. The van der Waals surface area contributed by atoms with E-state index in [0.717, 1.165) is 29.8 Å². The fraction of sp³-hybridized carbons (Fsp3) is 0.476. The molecule has 2 aromatic rings. The maximum atomic E-state index is 13.2. The lowest BCUT2D eigenvalue weighted by atomic mass is 9.97. The van der Waals surface area contributed by atoms with Gasteiger partial charge in [0.05, 0.1) is 17.1 Å². The number of rotatable bonds is 4. The van der Waals surface area contributed by atoms with E-state index >= 15 is 0 Å². The molecule has 31 heavy (non-hydrogen) atoms. The van der Waals surface area contributed by atoms with Crippen LogP contribution >= 0.6 is 0 Å². The number of hydrogen-bond donors (Lipinski definition) is 1. The summed E-state index contributed by atoms with van der Waals surface area (Å²) in [5.74, 6) is 0.724. The van der Waals surface area contributed by atoms with Gasteiger partial charge >= 0.3 is 0 Å². The third kappa shape index (κ3) is 4.27. The molecule has 2 aliphatic rings. The van der Waals surface area contributed by atoms with Crippen LogP contribution in [0.4, 0.5) is 10.2 Å². The second-order valence-corrected chi connectivity index (χ2v) is 9.89. The summed E-state index contributed by atoms with van der Waals surface area (Å²) in [5.41, 5.74) is 1.82. The van der Waals surface area contributed by atoms with Gasteiger partial charge in [0.25, 0.3) is 0 Å². The van der Waals surface area contributed by atoms with Crippen molar-refractivity contribution in [2.75, 3.05) is 32.0 Å². The van der Waals surface area contributed by atoms with E-state index in [-0.39, 0.29) is 23.3 Å². The lowest BCUT2D eigenvalue weighted by Crippen LogP contribution is -2.40. The lowest BCUT2D eigenvalue weighted by molar-refractivity contribution is -0.129. The molecular formula is C21H26FN5O3S. The van der Waals surface area contributed by atoms with Crippen LogP contribution in [0.2, 0.25) is 0 Å². The number of aromatic nitrogens is 2. The molecule has 1 saturated heterocycles. The van der Waals surface area contributed by atoms with Crippen LogP contribution in [0.3, 0.4) is 0 Å². The van der Waals surface area contributed by atoms with Crippen LogP contribution in [-0.4, -0.2) is 60.2 Å². The van der Waals surface area contributed by atoms with Gasteiger partial charge in [0.15, 0.2) is 0 Å². The molecule has 2 aliphatic heterocycles. The first-order valence-electron chi connectivity index (χ1n) is 10.4. The summed E-state index contributed by atoms with van der Waals surface area (Å²) < 4.78 is 40.8. The van der Waals surface area contributed by atoms with Crippen molar-refractivity contribution in [1.29, 1.82) is 0 Å². The molecule has 1 fully saturated rings. The number of nitrogens with zero attached hydrogens (tertiary/aromatic N) is 4. The average molecular weight is 448 g/mol. The van der Waals surface area contributed by atoms with Gasteiger partial charge in [-0.1, -0.05) is 0 Å². The van der Waals surface area contributed by atoms with Gasteiger partial charge in [-0.2, -0.15) is 4.31 Å². The highest BCUT2D eigenvalue weighted by atomic mass is 32.2. The second-order valence-electron chi connectivity index (χ2n) is 7.95. The molecule has 1 aromatic heterocycles. The lowest BCUT2D eigenvalue weighted by Gasteiger charge is -2.33. The number of sulfonamides is 1. The highest BCUT2D eigenvalue weighted by Gasteiger charge is 2.33. The number of halogens is 1. The van der Waals surface area contributed by atoms with E-state index in [4.69, 9.17) is 9.97 Å². The first-order valence-corrected chi connectivity index (χ1v) is 11.8. The maximum Gasteiger partial charge on any atom is 0.243 e. The van der Waals surface area contributed by atoms with Gasteiger partial charge in [0.1, 0.15) is 17.5 Å². The van der Waals surface area contributed by atoms with Crippen LogP contribution in [-0.2, 0) is 27.8 Å². The van der Waals surface area contributed by atoms with Gasteiger partial charge in [0, 0.05) is 51.5 Å². The minimum Gasteiger partial charge on any atom is -0.373 e. The Morgan fingerprint density at radius 1 is 1.19 bits per heavy atom. The number of hydrogen-bond acceptors (Lipinski definition) is 6. The second kappa shape index (κ2) is 8.51. The molecule has 0 bridgehead atoms. The van der Waals surface area contributed by atoms with Crippen molar-refractivity contribution in [3.8, 4) is 0 Å². The molecule has 1 N–H and O–H groups in total. The van der Waals surface area contributed by atoms with Crippen LogP contribution in [0.25, 0.3) is 0 Å². The number of amides is 1. The number of carbonyl (C=O) groups excluding carboxylic acids is 1. The zero-order valence-corrected chi connectivity index (χ0v) is 18.5. The Labute approximate surface area is 181 Å². The third-order valence-corrected chi connectivity index (χ3v) is 7.84. The van der Waals surface area contributed by atoms with E-state index in [1.54, 1.807) is 18.9 Å². The quantitative estimate of drug-likeness (QED) is 0.772. The number of nitrogens with one attached hydrogen (secondary N) is 1. The van der Waals surface area contributed by atoms with Crippen molar-refractivity contribution in [3.05, 3.63) is 47.2 Å². The summed E-state index contributed by atoms with van der Waals surface area (Å²) in [4.78, 5) is 23.1. The molecule has 166 valence electrons. The van der Waals surface area contributed by atoms with E-state index in [1.807, 2.05) is 0 Å². The molecule has 0 saturated carbocycles. The highest BCUT2D eigenvalue weighted by molar-refractivity contribution is 7.89. The molecule has 1 amide bonds. The molecule has 3 heterocycles. The van der Waals surface area contributed by atoms with Gasteiger partial charge < -0.3 is 10.2 Å². The summed E-state index contributed by atoms with van der Waals surface area (Å²) in [6.07, 6.45) is 2.12. The van der Waals surface area contributed by atoms with Crippen LogP contribution < -0.4 is 5.32 Å². The summed E-state index contributed by atoms with van der Waals surface area (Å²) >= 11 is 0. The van der Waals surface area contributed by atoms with E-state index in [9.17, 15) is 17.6 Å². The fourth-order valence-corrected chi connectivity index (χ4v) is 5.74. The van der Waals surface area contributed by atoms with Crippen molar-refractivity contribution in [2.24, 2.45) is 0 Å². The summed E-state index contributed by atoms with van der Waals surface area (Å²) in [6, 6.07) is 4.90. The molecule has 1 aromatic carbocycles. The topological polar surface area (TPSA) is 95.5 Å². The molecule has 4 rings (SSSR count). The molecule has 10 heteroatoms. The number of carbonyl (C=O) groups is 1. The predicted molar refractivity (Wildman–Crippen MR) is 114 cm³/mol. The van der Waals surface area contributed by atoms with Crippen LogP contribution in [0.1, 0.15) is 42.8 Å². The molecule has 0 radical (unpaired) electrons. The van der Waals surface area contributed by atoms with E-state index < -0.39 is 15.8 Å². The molecule has 8 nitrogen and oxygen atoms in total. The van der Waals surface area contributed by atoms with Crippen molar-refractivity contribution < 1.29 is 17.6 Å². The third-order valence-electron chi connectivity index (χ3n) is 5.96. The molecule has 1 atom stereocenters. The number of fused-ring (bicyclic) bond motifs is 1. The molecule has 0 aliphatic carbocycles. The van der Waals surface area contributed by atoms with E-state index in [0.29, 0.717) is 44.1 Å². The van der Waals surface area contributed by atoms with Crippen molar-refractivity contribution in [3.63, 3.8) is 0 Å². The Balaban J connectivity index is 1.60. The largest absolute Gasteiger partial charge is 0.373 e. The summed E-state index contributed by atoms with van der Waals surface area (Å²) in [7, 11) is -1.94. The molecule has 0 spiro atoms. The number of piperidine rings is 1. The number of anilines is 1. The van der Waals surface area contributed by atoms with Crippen LogP contribution in [0.5, 0.6) is 0 Å². The minimum atomic E-state index is -3.72. The van der Waals surface area contributed by atoms with Gasteiger partial charge in [0.2, 0.25) is 15.9 Å². The SMILES string of the molecule is CNc1nc([C@H]2CCCN(S(=O)(=O)c3ccc(F)cc3)C2)nc2c1CN(C(C)=O)CC2. The zero-order chi connectivity index (χ0) is 22.2. The standard InChI is InChI=1S/C21H26FN5O3S/c1-14(28)26-11-9-19-18(13-26)21(23-2)25-20(24-19)15-4-3-10-27(12-15)31(29,30)17-7-5-16(22)6-8-17/h5-8,15H,3-4,9-13H2,1-2H3,(H,23,24,25)/t15-/m0/s1. The van der Waals surface area contributed by atoms with Crippen LogP contribution in [0.15, 0.2) is 29.2 Å². The maximum absolute atomic E-state index is 13.2. The molecular weight excluding hydrogens is 421 g/mol. The smallest absolute Gasteiger partial charge is 0.243 e. The Bertz CT molecular complexity index is 1070. The number of benzene rings is 1. The van der Waals surface area contributed by atoms with Gasteiger partial charge in [-0.15, -0.1) is 0 Å². The molecule has 0 unspecified atom stereocenters. The van der Waals surface area contributed by atoms with E-state index in [1.165, 1.54) is 16.4 Å². The van der Waals surface area contributed by atoms with Crippen molar-refractivity contribution in [2.45, 2.75) is 43.5 Å². The monoisotopic (exact) mass is 447 g/mol. The summed E-state index contributed by atoms with van der Waals surface area (Å²) in [6.45, 7) is 3.32. The average Bonchev–Trinajstić information content (AvgIpc) is 2.78. The Morgan fingerprint density at radius 3 is 2.61 bits per heavy atom. The van der Waals surface area contributed by atoms with Gasteiger partial charge in [-0.05, 0) is 37.1 Å². The summed E-state index contributed by atoms with van der Waals surface area (Å²) in [5, 5.41) is 3.11. The highest BCUT2D eigenvalue weighted by Crippen LogP contribution is 2.32. The zero-order valence-electron chi connectivity index (χ0n) is 17.6. The first-order chi connectivity index (χ1) is 14.8. The van der Waals surface area contributed by atoms with Gasteiger partial charge in [-0.25, -0.2) is 22.8 Å².